The topological polar surface area (TPSA) is 141 Å². The Bertz CT molecular complexity index is 181. The minimum Gasteiger partial charge on any atom is -0.808 e. The molecule has 3 N–H and O–H groups in total. The van der Waals surface area contributed by atoms with E-state index < -0.39 is 20.8 Å². The van der Waals surface area contributed by atoms with Crippen LogP contribution in [0, 0.1) is 0 Å². The summed E-state index contributed by atoms with van der Waals surface area (Å²) < 4.78 is 19.6. The molecule has 0 saturated heterocycles. The predicted molar refractivity (Wildman–Crippen MR) is 25.7 cm³/mol. The second kappa shape index (κ2) is 7.75. The molecule has 0 bridgehead atoms. The number of hydrogen-bond acceptors (Lipinski definition) is 5. The average Bonchev–Trinajstić information content (AvgIpc) is 1.59. The van der Waals surface area contributed by atoms with Crippen LogP contribution in [0.1, 0.15) is 0 Å². The van der Waals surface area contributed by atoms with E-state index in [9.17, 15) is 18.9 Å². The molecule has 1 atom stereocenters. The van der Waals surface area contributed by atoms with Crippen molar-refractivity contribution in [1.82, 2.24) is 0 Å². The number of rotatable bonds is 2. The summed E-state index contributed by atoms with van der Waals surface area (Å²) in [4.78, 5) is 35.2. The third-order valence-corrected chi connectivity index (χ3v) is 3.50. The summed E-state index contributed by atoms with van der Waals surface area (Å²) in [6.07, 6.45) is 0. The largest absolute Gasteiger partial charge is 1.00 e. The number of aliphatic hydroxyl groups is 1. The van der Waals surface area contributed by atoms with E-state index in [0.717, 1.165) is 0 Å². The van der Waals surface area contributed by atoms with Gasteiger partial charge in [0.1, 0.15) is 0 Å². The van der Waals surface area contributed by atoms with Gasteiger partial charge in [0.05, 0.1) is 0 Å². The van der Waals surface area contributed by atoms with Crippen LogP contribution in [0.3, 0.4) is 0 Å². The van der Waals surface area contributed by atoms with Crippen molar-refractivity contribution >= 4 is 15.2 Å². The van der Waals surface area contributed by atoms with Crippen LogP contribution in [0.5, 0.6) is 0 Å². The molecule has 0 aromatic heterocycles. The van der Waals surface area contributed by atoms with E-state index in [1.54, 1.807) is 0 Å². The molecule has 0 saturated carbocycles. The first-order chi connectivity index (χ1) is 4.15. The molecule has 0 radical (unpaired) electrons. The van der Waals surface area contributed by atoms with Crippen molar-refractivity contribution < 1.29 is 137 Å². The van der Waals surface area contributed by atoms with E-state index >= 15 is 0 Å². The van der Waals surface area contributed by atoms with E-state index in [4.69, 9.17) is 14.9 Å². The molecule has 7 nitrogen and oxygen atoms in total. The maximum atomic E-state index is 9.85. The van der Waals surface area contributed by atoms with E-state index in [0.29, 0.717) is 0 Å². The summed E-state index contributed by atoms with van der Waals surface area (Å²) in [5, 5.41) is 8.07. The minimum atomic E-state index is -5.59. The fourth-order valence-corrected chi connectivity index (χ4v) is 1.66. The molecule has 0 aliphatic heterocycles. The zero-order chi connectivity index (χ0) is 8.58. The predicted octanol–water partition coefficient (Wildman–Crippen LogP) is -8.64. The van der Waals surface area contributed by atoms with E-state index in [2.05, 4.69) is 0 Å². The van der Waals surface area contributed by atoms with Gasteiger partial charge in [-0.05, 0) is 7.60 Å². The number of aliphatic hydroxyl groups excluding tert-OH is 1. The van der Waals surface area contributed by atoms with Gasteiger partial charge in [0.2, 0.25) is 0 Å². The second-order valence-corrected chi connectivity index (χ2v) is 5.12. The Hall–Kier alpha value is 3.53. The molecule has 0 aromatic carbocycles. The van der Waals surface area contributed by atoms with Gasteiger partial charge in [-0.25, -0.2) is 0 Å². The first kappa shape index (κ1) is 20.9. The van der Waals surface area contributed by atoms with Crippen molar-refractivity contribution in [3.63, 3.8) is 0 Å². The summed E-state index contributed by atoms with van der Waals surface area (Å²) in [5.41, 5.74) is -3.13. The SMILES string of the molecule is O=P([O-])([O-])C(O)P(=O)(O)O.[K+].[K+]. The van der Waals surface area contributed by atoms with Crippen LogP contribution in [0.15, 0.2) is 0 Å². The van der Waals surface area contributed by atoms with Crippen molar-refractivity contribution in [1.29, 1.82) is 0 Å². The maximum Gasteiger partial charge on any atom is 1.00 e. The van der Waals surface area contributed by atoms with Gasteiger partial charge in [-0.15, -0.1) is 0 Å². The Kier molecular flexibility index (Phi) is 13.5. The Labute approximate surface area is 153 Å². The van der Waals surface area contributed by atoms with Gasteiger partial charge in [0.25, 0.3) is 0 Å². The van der Waals surface area contributed by atoms with Crippen LogP contribution in [0.25, 0.3) is 0 Å². The van der Waals surface area contributed by atoms with Crippen LogP contribution >= 0.6 is 15.2 Å². The van der Waals surface area contributed by atoms with Gasteiger partial charge in [-0.2, -0.15) is 0 Å². The fourth-order valence-electron chi connectivity index (χ4n) is 0.184. The van der Waals surface area contributed by atoms with Gasteiger partial charge in [-0.1, -0.05) is 0 Å². The smallest absolute Gasteiger partial charge is 0.808 e. The molecule has 62 valence electrons. The summed E-state index contributed by atoms with van der Waals surface area (Å²) in [7, 11) is -10.8. The Morgan fingerprint density at radius 3 is 1.33 bits per heavy atom. The van der Waals surface area contributed by atoms with E-state index in [1.807, 2.05) is 0 Å². The van der Waals surface area contributed by atoms with Crippen molar-refractivity contribution in [3.05, 3.63) is 0 Å². The zero-order valence-corrected chi connectivity index (χ0v) is 14.5. The van der Waals surface area contributed by atoms with Crippen molar-refractivity contribution in [3.8, 4) is 0 Å². The Morgan fingerprint density at radius 1 is 1.08 bits per heavy atom. The second-order valence-electron chi connectivity index (χ2n) is 1.48. The van der Waals surface area contributed by atoms with Crippen LogP contribution in [-0.4, -0.2) is 20.5 Å². The third-order valence-electron chi connectivity index (χ3n) is 0.584. The fraction of sp³-hybridized carbons (Fsp3) is 1.00. The van der Waals surface area contributed by atoms with Crippen LogP contribution in [0.2, 0.25) is 0 Å². The van der Waals surface area contributed by atoms with Gasteiger partial charge < -0.3 is 29.2 Å². The van der Waals surface area contributed by atoms with Crippen LogP contribution < -0.4 is 113 Å². The number of hydrogen-bond donors (Lipinski definition) is 3. The maximum absolute atomic E-state index is 9.85. The summed E-state index contributed by atoms with van der Waals surface area (Å²) in [5.74, 6) is 0. The Balaban J connectivity index is -0.000000405. The zero-order valence-electron chi connectivity index (χ0n) is 6.45. The Morgan fingerprint density at radius 2 is 1.33 bits per heavy atom. The molecular weight excluding hydrogens is 264 g/mol. The quantitative estimate of drug-likeness (QED) is 0.333. The standard InChI is InChI=1S/CH6O7P2.2K/c2-1(9(3,4)5)10(6,7)8;;/h1-2H,(H2,3,4,5)(H2,6,7,8);;/q;2*+1/p-2. The van der Waals surface area contributed by atoms with Crippen molar-refractivity contribution in [2.75, 3.05) is 0 Å². The van der Waals surface area contributed by atoms with Gasteiger partial charge >= 0.3 is 110 Å². The molecular formula is CH4K2O7P2. The van der Waals surface area contributed by atoms with E-state index in [-0.39, 0.29) is 103 Å². The van der Waals surface area contributed by atoms with Crippen LogP contribution in [-0.2, 0) is 9.13 Å². The molecule has 0 fully saturated rings. The first-order valence-corrected chi connectivity index (χ1v) is 5.20. The summed E-state index contributed by atoms with van der Waals surface area (Å²) in [6.45, 7) is 0. The summed E-state index contributed by atoms with van der Waals surface area (Å²) >= 11 is 0. The summed E-state index contributed by atoms with van der Waals surface area (Å²) in [6, 6.07) is 0. The molecule has 1 unspecified atom stereocenters. The molecule has 0 aromatic rings. The minimum absolute atomic E-state index is 0. The molecule has 0 spiro atoms. The normalized spacial score (nSPS) is 14.1. The third kappa shape index (κ3) is 8.81. The first-order valence-electron chi connectivity index (χ1n) is 1.90. The monoisotopic (exact) mass is 268 g/mol. The molecule has 12 heavy (non-hydrogen) atoms. The molecule has 0 aliphatic carbocycles. The van der Waals surface area contributed by atoms with Crippen molar-refractivity contribution in [2.24, 2.45) is 0 Å². The molecule has 0 amide bonds. The molecule has 0 rings (SSSR count). The van der Waals surface area contributed by atoms with Gasteiger partial charge in [0.15, 0.2) is 5.59 Å². The van der Waals surface area contributed by atoms with Gasteiger partial charge in [0, 0.05) is 0 Å². The van der Waals surface area contributed by atoms with E-state index in [1.165, 1.54) is 0 Å². The van der Waals surface area contributed by atoms with Gasteiger partial charge in [-0.3, -0.25) is 4.57 Å². The molecule has 11 heteroatoms. The van der Waals surface area contributed by atoms with Crippen molar-refractivity contribution in [2.45, 2.75) is 5.59 Å². The van der Waals surface area contributed by atoms with Crippen LogP contribution in [0.4, 0.5) is 0 Å². The average molecular weight is 268 g/mol. The molecule has 0 aliphatic rings. The molecule has 0 heterocycles.